The highest BCUT2D eigenvalue weighted by Gasteiger charge is 2.24. The Morgan fingerprint density at radius 2 is 1.78 bits per heavy atom. The summed E-state index contributed by atoms with van der Waals surface area (Å²) in [5.41, 5.74) is 0.178. The molecule has 0 fully saturated rings. The molecule has 1 atom stereocenters. The van der Waals surface area contributed by atoms with Crippen LogP contribution >= 0.6 is 0 Å². The van der Waals surface area contributed by atoms with Crippen molar-refractivity contribution >= 4 is 23.5 Å². The molecule has 0 aliphatic carbocycles. The van der Waals surface area contributed by atoms with Crippen molar-refractivity contribution in [3.63, 3.8) is 0 Å². The molecule has 1 aromatic carbocycles. The van der Waals surface area contributed by atoms with Gasteiger partial charge in [-0.15, -0.1) is 0 Å². The minimum Gasteiger partial charge on any atom is -0.481 e. The Morgan fingerprint density at radius 3 is 2.30 bits per heavy atom. The molecule has 0 radical (unpaired) electrons. The third kappa shape index (κ3) is 5.09. The average Bonchev–Trinajstić information content (AvgIpc) is 2.45. The summed E-state index contributed by atoms with van der Waals surface area (Å²) in [5.74, 6) is -2.15. The number of carbonyl (C=O) groups excluding carboxylic acids is 2. The topological polar surface area (TPSA) is 86.7 Å². The molecule has 1 unspecified atom stereocenters. The summed E-state index contributed by atoms with van der Waals surface area (Å²) in [7, 11) is 1.55. The van der Waals surface area contributed by atoms with Gasteiger partial charge in [0, 0.05) is 19.0 Å². The van der Waals surface area contributed by atoms with Gasteiger partial charge >= 0.3 is 5.97 Å². The zero-order valence-electron chi connectivity index (χ0n) is 14.2. The highest BCUT2D eigenvalue weighted by Crippen LogP contribution is 2.21. The first kappa shape index (κ1) is 18.7. The number of hydrogen-bond donors (Lipinski definition) is 2. The van der Waals surface area contributed by atoms with Gasteiger partial charge in [0.15, 0.2) is 0 Å². The molecule has 0 bridgehead atoms. The van der Waals surface area contributed by atoms with E-state index in [4.69, 9.17) is 5.11 Å². The Balaban J connectivity index is 2.98. The fraction of sp³-hybridized carbons (Fsp3) is 0.471. The first-order valence-corrected chi connectivity index (χ1v) is 7.42. The lowest BCUT2D eigenvalue weighted by molar-refractivity contribution is -0.141. The third-order valence-electron chi connectivity index (χ3n) is 3.40. The van der Waals surface area contributed by atoms with Gasteiger partial charge in [0.05, 0.1) is 17.2 Å². The second kappa shape index (κ2) is 7.26. The Morgan fingerprint density at radius 1 is 1.22 bits per heavy atom. The van der Waals surface area contributed by atoms with Crippen LogP contribution in [-0.2, 0) is 9.59 Å². The number of rotatable bonds is 5. The maximum absolute atomic E-state index is 12.5. The van der Waals surface area contributed by atoms with Crippen LogP contribution in [0.15, 0.2) is 24.3 Å². The van der Waals surface area contributed by atoms with Crippen LogP contribution in [0.25, 0.3) is 0 Å². The molecule has 0 saturated carbocycles. The van der Waals surface area contributed by atoms with Crippen LogP contribution in [-0.4, -0.2) is 41.4 Å². The van der Waals surface area contributed by atoms with E-state index < -0.39 is 17.3 Å². The summed E-state index contributed by atoms with van der Waals surface area (Å²) in [6, 6.07) is 6.71. The van der Waals surface area contributed by atoms with Gasteiger partial charge in [-0.2, -0.15) is 0 Å². The molecule has 1 rings (SSSR count). The maximum Gasteiger partial charge on any atom is 0.308 e. The first-order valence-electron chi connectivity index (χ1n) is 7.42. The molecular weight excluding hydrogens is 296 g/mol. The van der Waals surface area contributed by atoms with Gasteiger partial charge in [0.2, 0.25) is 5.91 Å². The summed E-state index contributed by atoms with van der Waals surface area (Å²) in [6.07, 6.45) is 0. The SMILES string of the molecule is CC(CN(C)C(=O)c1ccccc1NC(=O)C(C)(C)C)C(=O)O. The van der Waals surface area contributed by atoms with E-state index in [1.54, 1.807) is 59.0 Å². The van der Waals surface area contributed by atoms with Crippen LogP contribution in [0.1, 0.15) is 38.1 Å². The van der Waals surface area contributed by atoms with Gasteiger partial charge in [-0.25, -0.2) is 0 Å². The summed E-state index contributed by atoms with van der Waals surface area (Å²) in [4.78, 5) is 36.9. The molecule has 6 heteroatoms. The predicted octanol–water partition coefficient (Wildman–Crippen LogP) is 2.46. The molecule has 2 N–H and O–H groups in total. The molecule has 0 spiro atoms. The standard InChI is InChI=1S/C17H24N2O4/c1-11(15(21)22)10-19(5)14(20)12-8-6-7-9-13(12)18-16(23)17(2,3)4/h6-9,11H,10H2,1-5H3,(H,18,23)(H,21,22). The van der Waals surface area contributed by atoms with E-state index in [2.05, 4.69) is 5.32 Å². The molecule has 0 heterocycles. The second-order valence-corrected chi connectivity index (χ2v) is 6.67. The van der Waals surface area contributed by atoms with Crippen LogP contribution in [0.3, 0.4) is 0 Å². The van der Waals surface area contributed by atoms with Gasteiger partial charge in [-0.1, -0.05) is 39.8 Å². The number of carbonyl (C=O) groups is 3. The predicted molar refractivity (Wildman–Crippen MR) is 88.3 cm³/mol. The number of hydrogen-bond acceptors (Lipinski definition) is 3. The van der Waals surface area contributed by atoms with E-state index in [9.17, 15) is 14.4 Å². The van der Waals surface area contributed by atoms with E-state index >= 15 is 0 Å². The van der Waals surface area contributed by atoms with E-state index in [0.717, 1.165) is 0 Å². The fourth-order valence-corrected chi connectivity index (χ4v) is 1.87. The van der Waals surface area contributed by atoms with Crippen molar-refractivity contribution in [2.75, 3.05) is 18.9 Å². The van der Waals surface area contributed by atoms with E-state index in [0.29, 0.717) is 11.3 Å². The molecule has 0 aliphatic heterocycles. The molecule has 1 aromatic rings. The number of amides is 2. The largest absolute Gasteiger partial charge is 0.481 e. The summed E-state index contributed by atoms with van der Waals surface area (Å²) in [5, 5.41) is 11.7. The molecule has 126 valence electrons. The van der Waals surface area contributed by atoms with Gasteiger partial charge in [-0.05, 0) is 12.1 Å². The fourth-order valence-electron chi connectivity index (χ4n) is 1.87. The number of aliphatic carboxylic acids is 1. The number of anilines is 1. The van der Waals surface area contributed by atoms with E-state index in [-0.39, 0.29) is 18.4 Å². The lowest BCUT2D eigenvalue weighted by Gasteiger charge is -2.22. The highest BCUT2D eigenvalue weighted by molar-refractivity contribution is 6.04. The van der Waals surface area contributed by atoms with Gasteiger partial charge in [-0.3, -0.25) is 14.4 Å². The number of carboxylic acid groups (broad SMARTS) is 1. The monoisotopic (exact) mass is 320 g/mol. The normalized spacial score (nSPS) is 12.4. The van der Waals surface area contributed by atoms with Gasteiger partial charge < -0.3 is 15.3 Å². The van der Waals surface area contributed by atoms with Gasteiger partial charge in [0.25, 0.3) is 5.91 Å². The summed E-state index contributed by atoms with van der Waals surface area (Å²) >= 11 is 0. The quantitative estimate of drug-likeness (QED) is 0.872. The van der Waals surface area contributed by atoms with Crippen molar-refractivity contribution < 1.29 is 19.5 Å². The smallest absolute Gasteiger partial charge is 0.308 e. The lowest BCUT2D eigenvalue weighted by atomic mass is 9.95. The zero-order valence-corrected chi connectivity index (χ0v) is 14.2. The Hall–Kier alpha value is -2.37. The van der Waals surface area contributed by atoms with E-state index in [1.165, 1.54) is 4.90 Å². The van der Waals surface area contributed by atoms with Crippen LogP contribution in [0.4, 0.5) is 5.69 Å². The van der Waals surface area contributed by atoms with Crippen molar-refractivity contribution in [1.82, 2.24) is 4.90 Å². The molecule has 0 aromatic heterocycles. The number of carboxylic acids is 1. The van der Waals surface area contributed by atoms with Crippen molar-refractivity contribution in [3.8, 4) is 0 Å². The summed E-state index contributed by atoms with van der Waals surface area (Å²) < 4.78 is 0. The van der Waals surface area contributed by atoms with E-state index in [1.807, 2.05) is 0 Å². The number of para-hydroxylation sites is 1. The minimum absolute atomic E-state index is 0.0930. The van der Waals surface area contributed by atoms with Gasteiger partial charge in [0.1, 0.15) is 0 Å². The maximum atomic E-state index is 12.5. The first-order chi connectivity index (χ1) is 10.5. The molecular formula is C17H24N2O4. The molecule has 6 nitrogen and oxygen atoms in total. The second-order valence-electron chi connectivity index (χ2n) is 6.67. The molecule has 0 aliphatic rings. The average molecular weight is 320 g/mol. The highest BCUT2D eigenvalue weighted by atomic mass is 16.4. The molecule has 23 heavy (non-hydrogen) atoms. The van der Waals surface area contributed by atoms with Crippen molar-refractivity contribution in [1.29, 1.82) is 0 Å². The molecule has 0 saturated heterocycles. The van der Waals surface area contributed by atoms with Crippen LogP contribution in [0.5, 0.6) is 0 Å². The Labute approximate surface area is 136 Å². The third-order valence-corrected chi connectivity index (χ3v) is 3.40. The number of nitrogens with zero attached hydrogens (tertiary/aromatic N) is 1. The zero-order chi connectivity index (χ0) is 17.8. The van der Waals surface area contributed by atoms with Crippen LogP contribution in [0.2, 0.25) is 0 Å². The minimum atomic E-state index is -0.959. The van der Waals surface area contributed by atoms with Crippen LogP contribution in [0, 0.1) is 11.3 Å². The summed E-state index contributed by atoms with van der Waals surface area (Å²) in [6.45, 7) is 6.99. The molecule has 2 amide bonds. The lowest BCUT2D eigenvalue weighted by Crippen LogP contribution is -2.35. The Bertz CT molecular complexity index is 605. The van der Waals surface area contributed by atoms with Crippen LogP contribution < -0.4 is 5.32 Å². The number of benzene rings is 1. The van der Waals surface area contributed by atoms with Crippen molar-refractivity contribution in [3.05, 3.63) is 29.8 Å². The van der Waals surface area contributed by atoms with Crippen molar-refractivity contribution in [2.45, 2.75) is 27.7 Å². The number of nitrogens with one attached hydrogen (secondary N) is 1. The Kier molecular flexibility index (Phi) is 5.90. The van der Waals surface area contributed by atoms with Crippen molar-refractivity contribution in [2.24, 2.45) is 11.3 Å².